The molecule has 0 N–H and O–H groups in total. The lowest BCUT2D eigenvalue weighted by Crippen LogP contribution is -2.56. The lowest BCUT2D eigenvalue weighted by Gasteiger charge is -2.43. The molecule has 0 aromatic heterocycles. The lowest BCUT2D eigenvalue weighted by molar-refractivity contribution is -0.134. The van der Waals surface area contributed by atoms with Gasteiger partial charge in [0.25, 0.3) is 0 Å². The molecule has 3 fully saturated rings. The van der Waals surface area contributed by atoms with E-state index in [0.29, 0.717) is 26.0 Å². The number of likely N-dealkylation sites (tertiary alicyclic amines) is 1. The molecular formula is C22H30N4O5. The summed E-state index contributed by atoms with van der Waals surface area (Å²) in [6, 6.07) is 6.58. The zero-order valence-corrected chi connectivity index (χ0v) is 17.8. The highest BCUT2D eigenvalue weighted by Gasteiger charge is 2.32. The fraction of sp³-hybridized carbons (Fsp3) is 0.636. The molecule has 4 aliphatic heterocycles. The minimum atomic E-state index is -0.375. The predicted molar refractivity (Wildman–Crippen MR) is 112 cm³/mol. The minimum absolute atomic E-state index is 0.0324. The third-order valence-corrected chi connectivity index (χ3v) is 6.69. The average molecular weight is 431 g/mol. The Balaban J connectivity index is 1.10. The fourth-order valence-electron chi connectivity index (χ4n) is 4.90. The van der Waals surface area contributed by atoms with Crippen molar-refractivity contribution in [3.05, 3.63) is 23.8 Å². The number of hydrogen-bond acceptors (Lipinski definition) is 7. The molecule has 0 saturated carbocycles. The van der Waals surface area contributed by atoms with E-state index >= 15 is 0 Å². The molecule has 1 aromatic carbocycles. The van der Waals surface area contributed by atoms with Gasteiger partial charge in [0.2, 0.25) is 12.7 Å². The maximum Gasteiger partial charge on any atom is 0.410 e. The van der Waals surface area contributed by atoms with Crippen LogP contribution in [-0.2, 0) is 16.1 Å². The number of nitrogens with zero attached hydrogens (tertiary/aromatic N) is 4. The van der Waals surface area contributed by atoms with Crippen LogP contribution in [0.1, 0.15) is 18.4 Å². The van der Waals surface area contributed by atoms with Gasteiger partial charge in [0.05, 0.1) is 6.54 Å². The summed E-state index contributed by atoms with van der Waals surface area (Å²) in [5, 5.41) is 0. The van der Waals surface area contributed by atoms with Crippen molar-refractivity contribution in [1.29, 1.82) is 0 Å². The summed E-state index contributed by atoms with van der Waals surface area (Å²) in [4.78, 5) is 32.8. The van der Waals surface area contributed by atoms with Crippen molar-refractivity contribution in [2.75, 3.05) is 65.8 Å². The predicted octanol–water partition coefficient (Wildman–Crippen LogP) is 0.976. The number of carbonyl (C=O) groups excluding carboxylic acids is 2. The highest BCUT2D eigenvalue weighted by molar-refractivity contribution is 5.83. The van der Waals surface area contributed by atoms with Crippen LogP contribution in [0, 0.1) is 0 Å². The monoisotopic (exact) mass is 430 g/mol. The van der Waals surface area contributed by atoms with E-state index in [1.165, 1.54) is 10.5 Å². The molecule has 9 nitrogen and oxygen atoms in total. The smallest absolute Gasteiger partial charge is 0.410 e. The molecule has 0 bridgehead atoms. The van der Waals surface area contributed by atoms with Crippen LogP contribution in [0.4, 0.5) is 4.79 Å². The molecule has 1 aromatic rings. The summed E-state index contributed by atoms with van der Waals surface area (Å²) < 4.78 is 15.8. The van der Waals surface area contributed by atoms with Gasteiger partial charge in [0.1, 0.15) is 13.2 Å². The molecule has 4 heterocycles. The summed E-state index contributed by atoms with van der Waals surface area (Å²) in [5.41, 5.74) is 1.24. The van der Waals surface area contributed by atoms with E-state index in [0.717, 1.165) is 70.2 Å². The van der Waals surface area contributed by atoms with Crippen molar-refractivity contribution in [2.24, 2.45) is 0 Å². The van der Waals surface area contributed by atoms with Gasteiger partial charge in [-0.15, -0.1) is 0 Å². The minimum Gasteiger partial charge on any atom is -0.454 e. The third-order valence-electron chi connectivity index (χ3n) is 6.69. The maximum atomic E-state index is 12.7. The molecule has 31 heavy (non-hydrogen) atoms. The van der Waals surface area contributed by atoms with E-state index in [4.69, 9.17) is 14.2 Å². The Morgan fingerprint density at radius 1 is 1.00 bits per heavy atom. The molecule has 0 aliphatic carbocycles. The van der Waals surface area contributed by atoms with Crippen molar-refractivity contribution in [1.82, 2.24) is 19.6 Å². The third kappa shape index (κ3) is 4.57. The molecule has 1 atom stereocenters. The second kappa shape index (κ2) is 8.92. The van der Waals surface area contributed by atoms with Gasteiger partial charge in [-0.05, 0) is 30.5 Å². The standard InChI is InChI=1S/C22H30N4O5/c27-21(15-26-10-11-29-22(26)28)25-5-1-2-18(14-25)24-8-6-23(7-9-24)13-17-3-4-19-20(12-17)31-16-30-19/h3-4,12,18H,1-2,5-11,13-16H2/t18-/m0/s1. The van der Waals surface area contributed by atoms with E-state index in [9.17, 15) is 9.59 Å². The number of fused-ring (bicyclic) bond motifs is 1. The Labute approximate surface area is 182 Å². The quantitative estimate of drug-likeness (QED) is 0.689. The van der Waals surface area contributed by atoms with Gasteiger partial charge in [0.15, 0.2) is 11.5 Å². The molecule has 3 saturated heterocycles. The fourth-order valence-corrected chi connectivity index (χ4v) is 4.90. The second-order valence-corrected chi connectivity index (χ2v) is 8.67. The molecule has 0 radical (unpaired) electrons. The number of rotatable bonds is 5. The van der Waals surface area contributed by atoms with Gasteiger partial charge >= 0.3 is 6.09 Å². The summed E-state index contributed by atoms with van der Waals surface area (Å²) in [6.07, 6.45) is 1.76. The van der Waals surface area contributed by atoms with Gasteiger partial charge in [-0.25, -0.2) is 4.79 Å². The Morgan fingerprint density at radius 3 is 2.65 bits per heavy atom. The molecule has 9 heteroatoms. The average Bonchev–Trinajstić information content (AvgIpc) is 3.43. The van der Waals surface area contributed by atoms with Gasteiger partial charge in [-0.3, -0.25) is 19.5 Å². The number of cyclic esters (lactones) is 1. The Kier molecular flexibility index (Phi) is 5.87. The van der Waals surface area contributed by atoms with Crippen LogP contribution in [0.2, 0.25) is 0 Å². The summed E-state index contributed by atoms with van der Waals surface area (Å²) >= 11 is 0. The number of piperazine rings is 1. The van der Waals surface area contributed by atoms with Gasteiger partial charge in [-0.1, -0.05) is 6.07 Å². The van der Waals surface area contributed by atoms with Crippen LogP contribution in [0.3, 0.4) is 0 Å². The van der Waals surface area contributed by atoms with Crippen molar-refractivity contribution in [2.45, 2.75) is 25.4 Å². The topological polar surface area (TPSA) is 74.8 Å². The van der Waals surface area contributed by atoms with E-state index in [1.54, 1.807) is 0 Å². The Morgan fingerprint density at radius 2 is 1.84 bits per heavy atom. The summed E-state index contributed by atoms with van der Waals surface area (Å²) in [5.74, 6) is 1.70. The van der Waals surface area contributed by atoms with Crippen LogP contribution < -0.4 is 9.47 Å². The van der Waals surface area contributed by atoms with Gasteiger partial charge in [-0.2, -0.15) is 0 Å². The van der Waals surface area contributed by atoms with Crippen molar-refractivity contribution < 1.29 is 23.8 Å². The zero-order valence-electron chi connectivity index (χ0n) is 17.8. The SMILES string of the molecule is O=C(CN1CCOC1=O)N1CCC[C@H](N2CCN(Cc3ccc4c(c3)OCO4)CC2)C1. The highest BCUT2D eigenvalue weighted by atomic mass is 16.7. The second-order valence-electron chi connectivity index (χ2n) is 8.67. The number of amides is 2. The van der Waals surface area contributed by atoms with Crippen LogP contribution in [0.25, 0.3) is 0 Å². The number of ether oxygens (including phenoxy) is 3. The molecule has 0 spiro atoms. The normalized spacial score (nSPS) is 24.5. The first-order valence-electron chi connectivity index (χ1n) is 11.2. The van der Waals surface area contributed by atoms with Crippen LogP contribution in [-0.4, -0.2) is 103 Å². The number of hydrogen-bond donors (Lipinski definition) is 0. The lowest BCUT2D eigenvalue weighted by atomic mass is 10.0. The Hall–Kier alpha value is -2.52. The molecule has 5 rings (SSSR count). The molecule has 2 amide bonds. The van der Waals surface area contributed by atoms with E-state index in [2.05, 4.69) is 21.9 Å². The van der Waals surface area contributed by atoms with Crippen molar-refractivity contribution >= 4 is 12.0 Å². The van der Waals surface area contributed by atoms with E-state index < -0.39 is 0 Å². The molecule has 168 valence electrons. The maximum absolute atomic E-state index is 12.7. The zero-order chi connectivity index (χ0) is 21.2. The van der Waals surface area contributed by atoms with E-state index in [1.807, 2.05) is 11.0 Å². The Bertz CT molecular complexity index is 826. The number of piperidine rings is 1. The number of benzene rings is 1. The van der Waals surface area contributed by atoms with Gasteiger partial charge in [0, 0.05) is 51.9 Å². The van der Waals surface area contributed by atoms with Crippen LogP contribution in [0.15, 0.2) is 18.2 Å². The first-order chi connectivity index (χ1) is 15.2. The molecule has 4 aliphatic rings. The van der Waals surface area contributed by atoms with Crippen molar-refractivity contribution in [3.63, 3.8) is 0 Å². The van der Waals surface area contributed by atoms with Crippen LogP contribution in [0.5, 0.6) is 11.5 Å². The molecular weight excluding hydrogens is 400 g/mol. The first kappa shape index (κ1) is 20.4. The van der Waals surface area contributed by atoms with E-state index in [-0.39, 0.29) is 18.5 Å². The summed E-state index contributed by atoms with van der Waals surface area (Å²) in [6.45, 7) is 7.81. The van der Waals surface area contributed by atoms with Gasteiger partial charge < -0.3 is 19.1 Å². The summed E-state index contributed by atoms with van der Waals surface area (Å²) in [7, 11) is 0. The highest BCUT2D eigenvalue weighted by Crippen LogP contribution is 2.33. The number of carbonyl (C=O) groups is 2. The molecule has 0 unspecified atom stereocenters. The van der Waals surface area contributed by atoms with Crippen LogP contribution >= 0.6 is 0 Å². The van der Waals surface area contributed by atoms with Crippen molar-refractivity contribution in [3.8, 4) is 11.5 Å². The first-order valence-corrected chi connectivity index (χ1v) is 11.2. The largest absolute Gasteiger partial charge is 0.454 e.